The molecule has 6 nitrogen and oxygen atoms in total. The minimum Gasteiger partial charge on any atom is -0.493 e. The summed E-state index contributed by atoms with van der Waals surface area (Å²) in [5.41, 5.74) is 0.645. The second-order valence-electron chi connectivity index (χ2n) is 4.93. The van der Waals surface area contributed by atoms with Crippen LogP contribution in [0.3, 0.4) is 0 Å². The molecular formula is C17H16ClFN2O4. The molecule has 0 aliphatic rings. The summed E-state index contributed by atoms with van der Waals surface area (Å²) in [5.74, 6) is -0.614. The zero-order valence-corrected chi connectivity index (χ0v) is 14.3. The first-order chi connectivity index (χ1) is 11.9. The average molecular weight is 367 g/mol. The van der Waals surface area contributed by atoms with Gasteiger partial charge in [0.2, 0.25) is 5.91 Å². The van der Waals surface area contributed by atoms with Crippen molar-refractivity contribution in [3.05, 3.63) is 52.8 Å². The molecule has 2 aromatic rings. The van der Waals surface area contributed by atoms with Crippen molar-refractivity contribution >= 4 is 29.1 Å². The Morgan fingerprint density at radius 2 is 1.80 bits per heavy atom. The van der Waals surface area contributed by atoms with Gasteiger partial charge in [0, 0.05) is 11.3 Å². The van der Waals surface area contributed by atoms with Gasteiger partial charge in [-0.05, 0) is 36.4 Å². The molecule has 0 spiro atoms. The van der Waals surface area contributed by atoms with Crippen LogP contribution in [0.1, 0.15) is 10.4 Å². The van der Waals surface area contributed by atoms with E-state index in [-0.39, 0.29) is 11.6 Å². The number of halogens is 2. The van der Waals surface area contributed by atoms with Crippen LogP contribution in [0.4, 0.5) is 10.1 Å². The van der Waals surface area contributed by atoms with E-state index >= 15 is 0 Å². The topological polar surface area (TPSA) is 76.7 Å². The van der Waals surface area contributed by atoms with Gasteiger partial charge in [-0.25, -0.2) is 4.39 Å². The fourth-order valence-electron chi connectivity index (χ4n) is 2.02. The summed E-state index contributed by atoms with van der Waals surface area (Å²) in [6, 6.07) is 8.44. The van der Waals surface area contributed by atoms with Crippen molar-refractivity contribution in [2.75, 3.05) is 26.1 Å². The molecule has 2 amide bonds. The lowest BCUT2D eigenvalue weighted by molar-refractivity contribution is -0.115. The highest BCUT2D eigenvalue weighted by atomic mass is 35.5. The summed E-state index contributed by atoms with van der Waals surface area (Å²) < 4.78 is 23.3. The highest BCUT2D eigenvalue weighted by Gasteiger charge is 2.12. The number of hydrogen-bond donors (Lipinski definition) is 2. The van der Waals surface area contributed by atoms with E-state index in [2.05, 4.69) is 10.6 Å². The Morgan fingerprint density at radius 1 is 1.08 bits per heavy atom. The summed E-state index contributed by atoms with van der Waals surface area (Å²) in [7, 11) is 2.95. The molecule has 0 aromatic heterocycles. The van der Waals surface area contributed by atoms with Crippen LogP contribution in [-0.4, -0.2) is 32.6 Å². The Balaban J connectivity index is 1.94. The van der Waals surface area contributed by atoms with Crippen molar-refractivity contribution < 1.29 is 23.5 Å². The van der Waals surface area contributed by atoms with Gasteiger partial charge < -0.3 is 20.1 Å². The van der Waals surface area contributed by atoms with Gasteiger partial charge in [-0.15, -0.1) is 0 Å². The predicted octanol–water partition coefficient (Wildman–Crippen LogP) is 2.86. The van der Waals surface area contributed by atoms with E-state index in [0.29, 0.717) is 22.7 Å². The van der Waals surface area contributed by atoms with Gasteiger partial charge in [-0.3, -0.25) is 9.59 Å². The Bertz CT molecular complexity index is 798. The minimum atomic E-state index is -0.582. The Hall–Kier alpha value is -2.80. The van der Waals surface area contributed by atoms with Gasteiger partial charge in [-0.1, -0.05) is 11.6 Å². The van der Waals surface area contributed by atoms with Crippen molar-refractivity contribution in [3.63, 3.8) is 0 Å². The SMILES string of the molecule is COc1ccc(C(=O)NCC(=O)Nc2ccc(F)c(Cl)c2)cc1OC. The molecule has 8 heteroatoms. The van der Waals surface area contributed by atoms with Crippen molar-refractivity contribution in [2.45, 2.75) is 0 Å². The van der Waals surface area contributed by atoms with Crippen LogP contribution in [0.25, 0.3) is 0 Å². The van der Waals surface area contributed by atoms with Crippen LogP contribution >= 0.6 is 11.6 Å². The van der Waals surface area contributed by atoms with E-state index in [9.17, 15) is 14.0 Å². The molecule has 0 atom stereocenters. The third-order valence-electron chi connectivity index (χ3n) is 3.26. The number of rotatable bonds is 6. The van der Waals surface area contributed by atoms with Crippen molar-refractivity contribution in [1.82, 2.24) is 5.32 Å². The standard InChI is InChI=1S/C17H16ClFN2O4/c1-24-14-6-3-10(7-15(14)25-2)17(23)20-9-16(22)21-11-4-5-13(19)12(18)8-11/h3-8H,9H2,1-2H3,(H,20,23)(H,21,22). The Labute approximate surface area is 148 Å². The van der Waals surface area contributed by atoms with Gasteiger partial charge in [-0.2, -0.15) is 0 Å². The van der Waals surface area contributed by atoms with Crippen molar-refractivity contribution in [3.8, 4) is 11.5 Å². The van der Waals surface area contributed by atoms with Crippen LogP contribution in [0.5, 0.6) is 11.5 Å². The number of hydrogen-bond acceptors (Lipinski definition) is 4. The predicted molar refractivity (Wildman–Crippen MR) is 91.9 cm³/mol. The number of carbonyl (C=O) groups excluding carboxylic acids is 2. The lowest BCUT2D eigenvalue weighted by Gasteiger charge is -2.10. The number of nitrogens with one attached hydrogen (secondary N) is 2. The fraction of sp³-hybridized carbons (Fsp3) is 0.176. The van der Waals surface area contributed by atoms with Crippen LogP contribution in [0.15, 0.2) is 36.4 Å². The summed E-state index contributed by atoms with van der Waals surface area (Å²) in [5, 5.41) is 4.88. The number of amides is 2. The van der Waals surface area contributed by atoms with Crippen molar-refractivity contribution in [1.29, 1.82) is 0 Å². The zero-order chi connectivity index (χ0) is 18.4. The summed E-state index contributed by atoms with van der Waals surface area (Å²) in [6.07, 6.45) is 0. The van der Waals surface area contributed by atoms with Crippen molar-refractivity contribution in [2.24, 2.45) is 0 Å². The summed E-state index contributed by atoms with van der Waals surface area (Å²) in [6.45, 7) is -0.262. The Morgan fingerprint density at radius 3 is 2.44 bits per heavy atom. The maximum Gasteiger partial charge on any atom is 0.251 e. The summed E-state index contributed by atoms with van der Waals surface area (Å²) in [4.78, 5) is 24.0. The maximum atomic E-state index is 13.1. The molecule has 0 bridgehead atoms. The largest absolute Gasteiger partial charge is 0.493 e. The van der Waals surface area contributed by atoms with E-state index < -0.39 is 17.6 Å². The number of carbonyl (C=O) groups is 2. The molecule has 0 radical (unpaired) electrons. The molecule has 0 unspecified atom stereocenters. The van der Waals surface area contributed by atoms with Gasteiger partial charge in [0.05, 0.1) is 25.8 Å². The quantitative estimate of drug-likeness (QED) is 0.824. The molecule has 0 fully saturated rings. The highest BCUT2D eigenvalue weighted by Crippen LogP contribution is 2.27. The summed E-state index contributed by atoms with van der Waals surface area (Å²) >= 11 is 5.64. The first kappa shape index (κ1) is 18.5. The zero-order valence-electron chi connectivity index (χ0n) is 13.6. The van der Waals surface area contributed by atoms with Gasteiger partial charge in [0.25, 0.3) is 5.91 Å². The maximum absolute atomic E-state index is 13.1. The minimum absolute atomic E-state index is 0.104. The van der Waals surface area contributed by atoms with E-state index in [1.54, 1.807) is 12.1 Å². The first-order valence-electron chi connectivity index (χ1n) is 7.19. The monoisotopic (exact) mass is 366 g/mol. The van der Waals surface area contributed by atoms with Crippen LogP contribution in [-0.2, 0) is 4.79 Å². The second-order valence-corrected chi connectivity index (χ2v) is 5.34. The lowest BCUT2D eigenvalue weighted by atomic mass is 10.2. The highest BCUT2D eigenvalue weighted by molar-refractivity contribution is 6.31. The number of ether oxygens (including phenoxy) is 2. The van der Waals surface area contributed by atoms with E-state index in [1.807, 2.05) is 0 Å². The normalized spacial score (nSPS) is 10.1. The molecule has 0 aliphatic heterocycles. The molecule has 2 N–H and O–H groups in total. The van der Waals surface area contributed by atoms with Gasteiger partial charge in [0.15, 0.2) is 11.5 Å². The molecule has 0 saturated carbocycles. The van der Waals surface area contributed by atoms with Crippen LogP contribution < -0.4 is 20.1 Å². The van der Waals surface area contributed by atoms with Crippen LogP contribution in [0, 0.1) is 5.82 Å². The average Bonchev–Trinajstić information content (AvgIpc) is 2.62. The fourth-order valence-corrected chi connectivity index (χ4v) is 2.20. The molecule has 25 heavy (non-hydrogen) atoms. The third-order valence-corrected chi connectivity index (χ3v) is 3.55. The second kappa shape index (κ2) is 8.34. The molecule has 0 aliphatic carbocycles. The molecule has 2 aromatic carbocycles. The van der Waals surface area contributed by atoms with E-state index in [1.165, 1.54) is 32.4 Å². The first-order valence-corrected chi connectivity index (χ1v) is 7.57. The van der Waals surface area contributed by atoms with E-state index in [0.717, 1.165) is 6.07 Å². The molecule has 0 heterocycles. The number of methoxy groups -OCH3 is 2. The van der Waals surface area contributed by atoms with E-state index in [4.69, 9.17) is 21.1 Å². The molecular weight excluding hydrogens is 351 g/mol. The lowest BCUT2D eigenvalue weighted by Crippen LogP contribution is -2.32. The number of anilines is 1. The third kappa shape index (κ3) is 4.84. The smallest absolute Gasteiger partial charge is 0.251 e. The molecule has 0 saturated heterocycles. The van der Waals surface area contributed by atoms with Gasteiger partial charge >= 0.3 is 0 Å². The van der Waals surface area contributed by atoms with Gasteiger partial charge in [0.1, 0.15) is 5.82 Å². The Kier molecular flexibility index (Phi) is 6.19. The molecule has 2 rings (SSSR count). The molecule has 132 valence electrons. The number of benzene rings is 2. The van der Waals surface area contributed by atoms with Crippen LogP contribution in [0.2, 0.25) is 5.02 Å².